The number of rotatable bonds is 9. The van der Waals surface area contributed by atoms with Gasteiger partial charge in [0, 0.05) is 6.54 Å². The molecule has 0 saturated heterocycles. The Morgan fingerprint density at radius 1 is 1.22 bits per heavy atom. The maximum absolute atomic E-state index is 12.1. The highest BCUT2D eigenvalue weighted by molar-refractivity contribution is 5.92. The summed E-state index contributed by atoms with van der Waals surface area (Å²) in [6.07, 6.45) is 0.812. The number of amides is 1. The van der Waals surface area contributed by atoms with E-state index in [1.165, 1.54) is 13.2 Å². The molecule has 0 spiro atoms. The van der Waals surface area contributed by atoms with Gasteiger partial charge in [0.2, 0.25) is 0 Å². The summed E-state index contributed by atoms with van der Waals surface area (Å²) in [7, 11) is 1.48. The molecule has 1 aromatic heterocycles. The summed E-state index contributed by atoms with van der Waals surface area (Å²) < 4.78 is 21.2. The first-order valence-electron chi connectivity index (χ1n) is 8.62. The molecule has 0 aliphatic carbocycles. The number of benzene rings is 1. The molecule has 0 atom stereocenters. The lowest BCUT2D eigenvalue weighted by Crippen LogP contribution is -2.29. The summed E-state index contributed by atoms with van der Waals surface area (Å²) in [6.45, 7) is 6.06. The third-order valence-electron chi connectivity index (χ3n) is 3.86. The minimum absolute atomic E-state index is 0.263. The molecule has 1 heterocycles. The second-order valence-corrected chi connectivity index (χ2v) is 5.88. The van der Waals surface area contributed by atoms with Gasteiger partial charge in [-0.2, -0.15) is 0 Å². The Bertz CT molecular complexity index is 780. The molecule has 1 aromatic carbocycles. The number of methoxy groups -OCH3 is 1. The molecule has 2 aromatic rings. The van der Waals surface area contributed by atoms with Crippen molar-refractivity contribution >= 4 is 11.9 Å². The second kappa shape index (κ2) is 9.61. The number of ether oxygens (including phenoxy) is 3. The zero-order valence-corrected chi connectivity index (χ0v) is 16.0. The van der Waals surface area contributed by atoms with Crippen LogP contribution in [-0.2, 0) is 16.1 Å². The average molecular weight is 376 g/mol. The number of esters is 1. The Balaban J connectivity index is 2.00. The number of aryl methyl sites for hydroxylation is 2. The van der Waals surface area contributed by atoms with E-state index in [1.54, 1.807) is 12.1 Å². The first-order chi connectivity index (χ1) is 13.0. The van der Waals surface area contributed by atoms with Crippen molar-refractivity contribution in [2.75, 3.05) is 20.3 Å². The molecule has 0 saturated carbocycles. The molecule has 146 valence electrons. The lowest BCUT2D eigenvalue weighted by Gasteiger charge is -2.12. The van der Waals surface area contributed by atoms with E-state index >= 15 is 0 Å². The number of carbonyl (C=O) groups is 2. The Hall–Kier alpha value is -3.03. The van der Waals surface area contributed by atoms with E-state index in [1.807, 2.05) is 20.8 Å². The van der Waals surface area contributed by atoms with Gasteiger partial charge in [0.25, 0.3) is 5.91 Å². The normalized spacial score (nSPS) is 10.4. The summed E-state index contributed by atoms with van der Waals surface area (Å²) >= 11 is 0. The lowest BCUT2D eigenvalue weighted by molar-refractivity contribution is -0.124. The number of nitrogens with zero attached hydrogens (tertiary/aromatic N) is 1. The van der Waals surface area contributed by atoms with Crippen molar-refractivity contribution in [2.45, 2.75) is 33.8 Å². The molecule has 0 aliphatic heterocycles. The summed E-state index contributed by atoms with van der Waals surface area (Å²) in [5, 5.41) is 6.52. The molecule has 8 nitrogen and oxygen atoms in total. The van der Waals surface area contributed by atoms with Crippen LogP contribution in [0.1, 0.15) is 40.7 Å². The Morgan fingerprint density at radius 3 is 2.63 bits per heavy atom. The van der Waals surface area contributed by atoms with Crippen molar-refractivity contribution < 1.29 is 28.3 Å². The largest absolute Gasteiger partial charge is 0.493 e. The molecule has 2 rings (SSSR count). The Morgan fingerprint density at radius 2 is 2.00 bits per heavy atom. The Labute approximate surface area is 157 Å². The molecular weight excluding hydrogens is 352 g/mol. The molecule has 8 heteroatoms. The van der Waals surface area contributed by atoms with Crippen molar-refractivity contribution in [2.24, 2.45) is 0 Å². The Kier molecular flexibility index (Phi) is 7.22. The van der Waals surface area contributed by atoms with Crippen LogP contribution in [0.4, 0.5) is 0 Å². The van der Waals surface area contributed by atoms with E-state index in [4.69, 9.17) is 18.7 Å². The van der Waals surface area contributed by atoms with Gasteiger partial charge in [0.15, 0.2) is 18.1 Å². The van der Waals surface area contributed by atoms with Crippen LogP contribution in [0.15, 0.2) is 22.7 Å². The van der Waals surface area contributed by atoms with Gasteiger partial charge in [-0.05, 0) is 38.5 Å². The fourth-order valence-electron chi connectivity index (χ4n) is 2.30. The minimum Gasteiger partial charge on any atom is -0.493 e. The molecule has 0 radical (unpaired) electrons. The lowest BCUT2D eigenvalue weighted by atomic mass is 10.2. The standard InChI is InChI=1S/C19H24N2O6/c1-5-8-20-18(22)11-26-19(23)14-6-7-16(17(9-14)24-4)25-10-15-12(2)21-27-13(15)3/h6-7,9H,5,8,10-11H2,1-4H3,(H,20,22). The second-order valence-electron chi connectivity index (χ2n) is 5.88. The third kappa shape index (κ3) is 5.47. The zero-order valence-electron chi connectivity index (χ0n) is 16.0. The minimum atomic E-state index is -0.614. The molecule has 0 bridgehead atoms. The molecule has 0 fully saturated rings. The zero-order chi connectivity index (χ0) is 19.8. The van der Waals surface area contributed by atoms with Crippen LogP contribution in [0.2, 0.25) is 0 Å². The van der Waals surface area contributed by atoms with Crippen LogP contribution >= 0.6 is 0 Å². The predicted octanol–water partition coefficient (Wildman–Crippen LogP) is 2.56. The van der Waals surface area contributed by atoms with Crippen LogP contribution < -0.4 is 14.8 Å². The molecule has 1 N–H and O–H groups in total. The number of carbonyl (C=O) groups excluding carboxylic acids is 2. The maximum Gasteiger partial charge on any atom is 0.338 e. The van der Waals surface area contributed by atoms with Gasteiger partial charge in [-0.15, -0.1) is 0 Å². The summed E-state index contributed by atoms with van der Waals surface area (Å²) in [5.74, 6) is 0.586. The molecule has 0 unspecified atom stereocenters. The third-order valence-corrected chi connectivity index (χ3v) is 3.86. The fourth-order valence-corrected chi connectivity index (χ4v) is 2.30. The van der Waals surface area contributed by atoms with Gasteiger partial charge in [-0.3, -0.25) is 4.79 Å². The van der Waals surface area contributed by atoms with Crippen LogP contribution in [0.5, 0.6) is 11.5 Å². The SMILES string of the molecule is CCCNC(=O)COC(=O)c1ccc(OCc2c(C)noc2C)c(OC)c1. The molecule has 0 aliphatic rings. The predicted molar refractivity (Wildman–Crippen MR) is 96.9 cm³/mol. The van der Waals surface area contributed by atoms with Crippen molar-refractivity contribution in [3.05, 3.63) is 40.8 Å². The highest BCUT2D eigenvalue weighted by atomic mass is 16.5. The fraction of sp³-hybridized carbons (Fsp3) is 0.421. The smallest absolute Gasteiger partial charge is 0.338 e. The quantitative estimate of drug-likeness (QED) is 0.671. The van der Waals surface area contributed by atoms with Crippen LogP contribution in [0.25, 0.3) is 0 Å². The first-order valence-corrected chi connectivity index (χ1v) is 8.62. The van der Waals surface area contributed by atoms with Crippen molar-refractivity contribution in [1.82, 2.24) is 10.5 Å². The summed E-state index contributed by atoms with van der Waals surface area (Å²) in [6, 6.07) is 4.68. The summed E-state index contributed by atoms with van der Waals surface area (Å²) in [5.41, 5.74) is 1.88. The average Bonchev–Trinajstić information content (AvgIpc) is 3.00. The van der Waals surface area contributed by atoms with Crippen molar-refractivity contribution in [3.8, 4) is 11.5 Å². The van der Waals surface area contributed by atoms with Crippen LogP contribution in [-0.4, -0.2) is 37.3 Å². The molecule has 27 heavy (non-hydrogen) atoms. The van der Waals surface area contributed by atoms with E-state index in [2.05, 4.69) is 10.5 Å². The van der Waals surface area contributed by atoms with E-state index in [9.17, 15) is 9.59 Å². The number of hydrogen-bond donors (Lipinski definition) is 1. The highest BCUT2D eigenvalue weighted by Crippen LogP contribution is 2.29. The van der Waals surface area contributed by atoms with Crippen LogP contribution in [0, 0.1) is 13.8 Å². The molecule has 1 amide bonds. The van der Waals surface area contributed by atoms with Gasteiger partial charge in [-0.25, -0.2) is 4.79 Å². The number of nitrogens with one attached hydrogen (secondary N) is 1. The topological polar surface area (TPSA) is 99.9 Å². The first kappa shape index (κ1) is 20.3. The highest BCUT2D eigenvalue weighted by Gasteiger charge is 2.15. The van der Waals surface area contributed by atoms with E-state index in [0.29, 0.717) is 23.8 Å². The van der Waals surface area contributed by atoms with Gasteiger partial charge >= 0.3 is 5.97 Å². The number of hydrogen-bond acceptors (Lipinski definition) is 7. The van der Waals surface area contributed by atoms with E-state index in [-0.39, 0.29) is 24.7 Å². The van der Waals surface area contributed by atoms with Crippen molar-refractivity contribution in [1.29, 1.82) is 0 Å². The number of aromatic nitrogens is 1. The van der Waals surface area contributed by atoms with Gasteiger partial charge in [-0.1, -0.05) is 12.1 Å². The van der Waals surface area contributed by atoms with Gasteiger partial charge in [0.05, 0.1) is 23.9 Å². The van der Waals surface area contributed by atoms with Crippen molar-refractivity contribution in [3.63, 3.8) is 0 Å². The van der Waals surface area contributed by atoms with Gasteiger partial charge < -0.3 is 24.1 Å². The van der Waals surface area contributed by atoms with Gasteiger partial charge in [0.1, 0.15) is 12.4 Å². The summed E-state index contributed by atoms with van der Waals surface area (Å²) in [4.78, 5) is 23.6. The maximum atomic E-state index is 12.1. The van der Waals surface area contributed by atoms with E-state index in [0.717, 1.165) is 17.7 Å². The monoisotopic (exact) mass is 376 g/mol. The van der Waals surface area contributed by atoms with E-state index < -0.39 is 5.97 Å². The molecular formula is C19H24N2O6. The van der Waals surface area contributed by atoms with Crippen LogP contribution in [0.3, 0.4) is 0 Å².